The zero-order valence-electron chi connectivity index (χ0n) is 16.4. The van der Waals surface area contributed by atoms with E-state index >= 15 is 0 Å². The summed E-state index contributed by atoms with van der Waals surface area (Å²) in [6.07, 6.45) is 5.49. The third-order valence-corrected chi connectivity index (χ3v) is 5.71. The lowest BCUT2D eigenvalue weighted by atomic mass is 9.98. The second kappa shape index (κ2) is 12.6. The van der Waals surface area contributed by atoms with Gasteiger partial charge in [0.25, 0.3) is 0 Å². The standard InChI is InChI=1S/C21H33N3O.2ClH/c1-17-8-11-24(12-9-17)16-20-4-2-3-19(13-20)15-23-21(25)6-5-18-7-10-22-14-18;;/h2-4,13,17-18,22H,5-12,14-16H2,1H3,(H,23,25);2*1H. The van der Waals surface area contributed by atoms with Gasteiger partial charge in [-0.1, -0.05) is 31.2 Å². The van der Waals surface area contributed by atoms with Crippen molar-refractivity contribution in [2.75, 3.05) is 26.2 Å². The molecule has 2 N–H and O–H groups in total. The van der Waals surface area contributed by atoms with Crippen LogP contribution in [0.3, 0.4) is 0 Å². The summed E-state index contributed by atoms with van der Waals surface area (Å²) < 4.78 is 0. The number of carbonyl (C=O) groups is 1. The van der Waals surface area contributed by atoms with Crippen molar-refractivity contribution >= 4 is 30.7 Å². The van der Waals surface area contributed by atoms with Gasteiger partial charge in [0.2, 0.25) is 5.91 Å². The van der Waals surface area contributed by atoms with E-state index in [1.165, 1.54) is 43.5 Å². The molecule has 0 radical (unpaired) electrons. The van der Waals surface area contributed by atoms with Crippen LogP contribution >= 0.6 is 24.8 Å². The molecule has 0 spiro atoms. The molecule has 1 aromatic carbocycles. The largest absolute Gasteiger partial charge is 0.352 e. The van der Waals surface area contributed by atoms with Crippen molar-refractivity contribution in [2.24, 2.45) is 11.8 Å². The summed E-state index contributed by atoms with van der Waals surface area (Å²) in [5, 5.41) is 6.45. The van der Waals surface area contributed by atoms with Crippen LogP contribution in [0.15, 0.2) is 24.3 Å². The zero-order valence-corrected chi connectivity index (χ0v) is 18.0. The van der Waals surface area contributed by atoms with E-state index in [4.69, 9.17) is 0 Å². The minimum atomic E-state index is 0. The Bertz CT molecular complexity index is 556. The molecule has 2 fully saturated rings. The number of halogens is 2. The molecule has 1 amide bonds. The molecule has 6 heteroatoms. The Labute approximate surface area is 176 Å². The van der Waals surface area contributed by atoms with Crippen LogP contribution in [0.5, 0.6) is 0 Å². The molecule has 4 nitrogen and oxygen atoms in total. The maximum atomic E-state index is 12.1. The molecule has 0 aromatic heterocycles. The van der Waals surface area contributed by atoms with Crippen LogP contribution in [0.4, 0.5) is 0 Å². The lowest BCUT2D eigenvalue weighted by Gasteiger charge is -2.30. The fourth-order valence-electron chi connectivity index (χ4n) is 3.90. The Hall–Kier alpha value is -0.810. The summed E-state index contributed by atoms with van der Waals surface area (Å²) in [5.41, 5.74) is 2.57. The lowest BCUT2D eigenvalue weighted by molar-refractivity contribution is -0.121. The number of nitrogens with one attached hydrogen (secondary N) is 2. The summed E-state index contributed by atoms with van der Waals surface area (Å²) >= 11 is 0. The number of benzene rings is 1. The number of nitrogens with zero attached hydrogens (tertiary/aromatic N) is 1. The summed E-state index contributed by atoms with van der Waals surface area (Å²) in [7, 11) is 0. The highest BCUT2D eigenvalue weighted by molar-refractivity contribution is 5.85. The molecule has 0 saturated carbocycles. The van der Waals surface area contributed by atoms with Crippen LogP contribution in [-0.2, 0) is 17.9 Å². The van der Waals surface area contributed by atoms with E-state index in [0.717, 1.165) is 32.0 Å². The van der Waals surface area contributed by atoms with Crippen LogP contribution < -0.4 is 10.6 Å². The number of likely N-dealkylation sites (tertiary alicyclic amines) is 1. The SMILES string of the molecule is CC1CCN(Cc2cccc(CNC(=O)CCC3CCNC3)c2)CC1.Cl.Cl. The van der Waals surface area contributed by atoms with Crippen molar-refractivity contribution in [2.45, 2.75) is 52.1 Å². The fourth-order valence-corrected chi connectivity index (χ4v) is 3.90. The highest BCUT2D eigenvalue weighted by Gasteiger charge is 2.16. The Morgan fingerprint density at radius 3 is 2.63 bits per heavy atom. The maximum Gasteiger partial charge on any atom is 0.220 e. The van der Waals surface area contributed by atoms with E-state index in [-0.39, 0.29) is 30.7 Å². The molecule has 2 saturated heterocycles. The van der Waals surface area contributed by atoms with Gasteiger partial charge in [-0.15, -0.1) is 24.8 Å². The van der Waals surface area contributed by atoms with Gasteiger partial charge in [-0.05, 0) is 74.8 Å². The van der Waals surface area contributed by atoms with Gasteiger partial charge in [0.1, 0.15) is 0 Å². The zero-order chi connectivity index (χ0) is 17.5. The fraction of sp³-hybridized carbons (Fsp3) is 0.667. The predicted octanol–water partition coefficient (Wildman–Crippen LogP) is 3.77. The number of piperidine rings is 1. The number of carbonyl (C=O) groups excluding carboxylic acids is 1. The first-order valence-electron chi connectivity index (χ1n) is 9.96. The van der Waals surface area contributed by atoms with Crippen molar-refractivity contribution in [3.05, 3.63) is 35.4 Å². The highest BCUT2D eigenvalue weighted by atomic mass is 35.5. The molecule has 1 aromatic rings. The van der Waals surface area contributed by atoms with Gasteiger partial charge in [0, 0.05) is 19.5 Å². The van der Waals surface area contributed by atoms with E-state index in [9.17, 15) is 4.79 Å². The Kier molecular flexibility index (Phi) is 11.3. The topological polar surface area (TPSA) is 44.4 Å². The Morgan fingerprint density at radius 1 is 1.19 bits per heavy atom. The van der Waals surface area contributed by atoms with Crippen molar-refractivity contribution in [3.8, 4) is 0 Å². The molecule has 27 heavy (non-hydrogen) atoms. The summed E-state index contributed by atoms with van der Waals surface area (Å²) in [5.74, 6) is 1.74. The molecule has 0 aliphatic carbocycles. The third kappa shape index (κ3) is 8.39. The number of rotatable bonds is 7. The first-order chi connectivity index (χ1) is 12.2. The van der Waals surface area contributed by atoms with E-state index < -0.39 is 0 Å². The first kappa shape index (κ1) is 24.2. The van der Waals surface area contributed by atoms with Crippen LogP contribution in [-0.4, -0.2) is 37.0 Å². The van der Waals surface area contributed by atoms with Gasteiger partial charge in [-0.25, -0.2) is 0 Å². The van der Waals surface area contributed by atoms with E-state index in [1.807, 2.05) is 0 Å². The van der Waals surface area contributed by atoms with Gasteiger partial charge in [-0.2, -0.15) is 0 Å². The van der Waals surface area contributed by atoms with Crippen LogP contribution in [0.2, 0.25) is 0 Å². The molecule has 0 bridgehead atoms. The van der Waals surface area contributed by atoms with Gasteiger partial charge in [0.05, 0.1) is 0 Å². The van der Waals surface area contributed by atoms with Crippen LogP contribution in [0, 0.1) is 11.8 Å². The number of hydrogen-bond acceptors (Lipinski definition) is 3. The molecule has 2 heterocycles. The monoisotopic (exact) mass is 415 g/mol. The highest BCUT2D eigenvalue weighted by Crippen LogP contribution is 2.18. The Morgan fingerprint density at radius 2 is 1.93 bits per heavy atom. The second-order valence-corrected chi connectivity index (χ2v) is 7.95. The Balaban J connectivity index is 0.00000182. The molecular formula is C21H35Cl2N3O. The molecule has 2 aliphatic heterocycles. The second-order valence-electron chi connectivity index (χ2n) is 7.95. The smallest absolute Gasteiger partial charge is 0.220 e. The number of hydrogen-bond donors (Lipinski definition) is 2. The van der Waals surface area contributed by atoms with Gasteiger partial charge in [0.15, 0.2) is 0 Å². The van der Waals surface area contributed by atoms with E-state index in [0.29, 0.717) is 18.9 Å². The van der Waals surface area contributed by atoms with E-state index in [1.54, 1.807) is 0 Å². The molecule has 1 unspecified atom stereocenters. The predicted molar refractivity (Wildman–Crippen MR) is 117 cm³/mol. The summed E-state index contributed by atoms with van der Waals surface area (Å²) in [6, 6.07) is 8.69. The van der Waals surface area contributed by atoms with Crippen molar-refractivity contribution < 1.29 is 4.79 Å². The minimum absolute atomic E-state index is 0. The van der Waals surface area contributed by atoms with Crippen molar-refractivity contribution in [3.63, 3.8) is 0 Å². The quantitative estimate of drug-likeness (QED) is 0.711. The summed E-state index contributed by atoms with van der Waals surface area (Å²) in [4.78, 5) is 14.6. The molecular weight excluding hydrogens is 381 g/mol. The lowest BCUT2D eigenvalue weighted by Crippen LogP contribution is -2.32. The average Bonchev–Trinajstić information content (AvgIpc) is 3.14. The molecule has 2 aliphatic rings. The summed E-state index contributed by atoms with van der Waals surface area (Å²) in [6.45, 7) is 8.62. The first-order valence-corrected chi connectivity index (χ1v) is 9.96. The normalized spacial score (nSPS) is 20.6. The molecule has 3 rings (SSSR count). The molecule has 154 valence electrons. The van der Waals surface area contributed by atoms with Gasteiger partial charge < -0.3 is 10.6 Å². The number of amides is 1. The minimum Gasteiger partial charge on any atom is -0.352 e. The van der Waals surface area contributed by atoms with Gasteiger partial charge in [-0.3, -0.25) is 9.69 Å². The van der Waals surface area contributed by atoms with Crippen LogP contribution in [0.1, 0.15) is 50.2 Å². The van der Waals surface area contributed by atoms with Crippen LogP contribution in [0.25, 0.3) is 0 Å². The maximum absolute atomic E-state index is 12.1. The molecule has 1 atom stereocenters. The average molecular weight is 416 g/mol. The van der Waals surface area contributed by atoms with Gasteiger partial charge >= 0.3 is 0 Å². The van der Waals surface area contributed by atoms with Crippen molar-refractivity contribution in [1.82, 2.24) is 15.5 Å². The third-order valence-electron chi connectivity index (χ3n) is 5.71. The van der Waals surface area contributed by atoms with Crippen molar-refractivity contribution in [1.29, 1.82) is 0 Å². The van der Waals surface area contributed by atoms with E-state index in [2.05, 4.69) is 46.7 Å².